The molecule has 0 unspecified atom stereocenters. The summed E-state index contributed by atoms with van der Waals surface area (Å²) < 4.78 is 0. The molecule has 14 heavy (non-hydrogen) atoms. The van der Waals surface area contributed by atoms with Crippen molar-refractivity contribution in [2.45, 2.75) is 37.5 Å². The van der Waals surface area contributed by atoms with Crippen molar-refractivity contribution in [3.05, 3.63) is 0 Å². The number of Topliss-reactive ketones (excluding diaryl/α,β-unsaturated/α-hetero) is 1. The van der Waals surface area contributed by atoms with Crippen LogP contribution in [0.3, 0.4) is 0 Å². The summed E-state index contributed by atoms with van der Waals surface area (Å²) in [5.74, 6) is -0.951. The molecule has 5 nitrogen and oxygen atoms in total. The largest absolute Gasteiger partial charge is 0.480 e. The van der Waals surface area contributed by atoms with Crippen molar-refractivity contribution in [1.82, 2.24) is 5.32 Å². The Hall–Kier alpha value is -0.940. The summed E-state index contributed by atoms with van der Waals surface area (Å²) in [7, 11) is 0. The van der Waals surface area contributed by atoms with Crippen LogP contribution in [0.4, 0.5) is 0 Å². The van der Waals surface area contributed by atoms with E-state index < -0.39 is 18.1 Å². The third-order valence-electron chi connectivity index (χ3n) is 3.17. The van der Waals surface area contributed by atoms with Gasteiger partial charge in [-0.25, -0.2) is 0 Å². The number of carboxylic acids is 1. The molecule has 0 aromatic heterocycles. The molecule has 2 fully saturated rings. The zero-order valence-electron chi connectivity index (χ0n) is 7.64. The molecule has 1 heterocycles. The van der Waals surface area contributed by atoms with Crippen molar-refractivity contribution >= 4 is 11.8 Å². The predicted octanol–water partition coefficient (Wildman–Crippen LogP) is -0.859. The fourth-order valence-electron chi connectivity index (χ4n) is 2.38. The molecule has 4 atom stereocenters. The number of aliphatic carboxylic acids is 1. The molecular weight excluding hydrogens is 186 g/mol. The molecule has 0 aromatic carbocycles. The van der Waals surface area contributed by atoms with E-state index in [0.29, 0.717) is 19.3 Å². The number of hydrogen-bond acceptors (Lipinski definition) is 4. The number of carbonyl (C=O) groups is 2. The van der Waals surface area contributed by atoms with E-state index in [0.717, 1.165) is 0 Å². The summed E-state index contributed by atoms with van der Waals surface area (Å²) in [6.07, 6.45) is 0.566. The van der Waals surface area contributed by atoms with E-state index in [1.54, 1.807) is 0 Å². The highest BCUT2D eigenvalue weighted by molar-refractivity contribution is 5.85. The van der Waals surface area contributed by atoms with Crippen molar-refractivity contribution in [3.8, 4) is 0 Å². The van der Waals surface area contributed by atoms with Crippen LogP contribution in [0.15, 0.2) is 0 Å². The molecule has 0 amide bonds. The van der Waals surface area contributed by atoms with Gasteiger partial charge in [-0.05, 0) is 18.8 Å². The van der Waals surface area contributed by atoms with Crippen LogP contribution in [0.5, 0.6) is 0 Å². The first-order valence-electron chi connectivity index (χ1n) is 4.79. The van der Waals surface area contributed by atoms with Crippen molar-refractivity contribution in [1.29, 1.82) is 0 Å². The quantitative estimate of drug-likeness (QED) is 0.511. The maximum absolute atomic E-state index is 11.2. The average Bonchev–Trinajstić information content (AvgIpc) is 2.56. The minimum Gasteiger partial charge on any atom is -0.480 e. The van der Waals surface area contributed by atoms with Crippen LogP contribution in [-0.4, -0.2) is 40.2 Å². The van der Waals surface area contributed by atoms with Gasteiger partial charge < -0.3 is 10.2 Å². The first kappa shape index (κ1) is 9.61. The standard InChI is InChI=1S/C9H13NO4/c11-6-2-1-4-3-5(9(13)14)10-7(4)8(6)12/h4-5,7-8,10,12H,1-3H2,(H,13,14)/t4-,5-,7+,8+/m0/s1. The second-order valence-electron chi connectivity index (χ2n) is 4.03. The fraction of sp³-hybridized carbons (Fsp3) is 0.778. The van der Waals surface area contributed by atoms with Gasteiger partial charge in [0.1, 0.15) is 12.1 Å². The Morgan fingerprint density at radius 3 is 2.86 bits per heavy atom. The molecule has 0 spiro atoms. The number of aliphatic hydroxyl groups is 1. The van der Waals surface area contributed by atoms with E-state index in [1.807, 2.05) is 0 Å². The van der Waals surface area contributed by atoms with Crippen molar-refractivity contribution in [2.75, 3.05) is 0 Å². The molecule has 1 saturated carbocycles. The van der Waals surface area contributed by atoms with Crippen molar-refractivity contribution < 1.29 is 19.8 Å². The lowest BCUT2D eigenvalue weighted by Gasteiger charge is -2.28. The van der Waals surface area contributed by atoms with Gasteiger partial charge in [0.15, 0.2) is 5.78 Å². The Morgan fingerprint density at radius 1 is 1.50 bits per heavy atom. The van der Waals surface area contributed by atoms with Gasteiger partial charge >= 0.3 is 5.97 Å². The second kappa shape index (κ2) is 3.33. The number of fused-ring (bicyclic) bond motifs is 1. The molecule has 0 radical (unpaired) electrons. The molecule has 0 aromatic rings. The summed E-state index contributed by atoms with van der Waals surface area (Å²) in [4.78, 5) is 21.9. The molecule has 0 bridgehead atoms. The Kier molecular flexibility index (Phi) is 2.28. The van der Waals surface area contributed by atoms with E-state index in [9.17, 15) is 14.7 Å². The zero-order valence-corrected chi connectivity index (χ0v) is 7.64. The number of rotatable bonds is 1. The first-order chi connectivity index (χ1) is 6.59. The van der Waals surface area contributed by atoms with Crippen LogP contribution in [0, 0.1) is 5.92 Å². The summed E-state index contributed by atoms with van der Waals surface area (Å²) in [5, 5.41) is 21.1. The molecule has 2 rings (SSSR count). The Bertz CT molecular complexity index is 278. The topological polar surface area (TPSA) is 86.6 Å². The zero-order chi connectivity index (χ0) is 10.3. The molecule has 3 N–H and O–H groups in total. The molecule has 1 saturated heterocycles. The van der Waals surface area contributed by atoms with Crippen LogP contribution in [0.2, 0.25) is 0 Å². The van der Waals surface area contributed by atoms with Crippen LogP contribution >= 0.6 is 0 Å². The monoisotopic (exact) mass is 199 g/mol. The first-order valence-corrected chi connectivity index (χ1v) is 4.79. The number of ketones is 1. The predicted molar refractivity (Wildman–Crippen MR) is 46.7 cm³/mol. The second-order valence-corrected chi connectivity index (χ2v) is 4.03. The van der Waals surface area contributed by atoms with Crippen LogP contribution < -0.4 is 5.32 Å². The smallest absolute Gasteiger partial charge is 0.320 e. The SMILES string of the molecule is O=C(O)[C@@H]1C[C@@H]2CCC(=O)[C@@H](O)[C@@H]2N1. The number of carbonyl (C=O) groups excluding carboxylic acids is 1. The number of carboxylic acid groups (broad SMARTS) is 1. The molecule has 5 heteroatoms. The van der Waals surface area contributed by atoms with E-state index in [2.05, 4.69) is 5.32 Å². The van der Waals surface area contributed by atoms with Gasteiger partial charge in [0, 0.05) is 12.5 Å². The van der Waals surface area contributed by atoms with Gasteiger partial charge in [0.05, 0.1) is 0 Å². The number of nitrogens with one attached hydrogen (secondary N) is 1. The average molecular weight is 199 g/mol. The van der Waals surface area contributed by atoms with Crippen molar-refractivity contribution in [2.24, 2.45) is 5.92 Å². The highest BCUT2D eigenvalue weighted by Crippen LogP contribution is 2.32. The summed E-state index contributed by atoms with van der Waals surface area (Å²) in [6.45, 7) is 0. The molecule has 78 valence electrons. The highest BCUT2D eigenvalue weighted by atomic mass is 16.4. The normalized spacial score (nSPS) is 42.2. The minimum atomic E-state index is -1.02. The maximum atomic E-state index is 11.2. The van der Waals surface area contributed by atoms with Gasteiger partial charge in [-0.1, -0.05) is 0 Å². The van der Waals surface area contributed by atoms with E-state index >= 15 is 0 Å². The summed E-state index contributed by atoms with van der Waals surface area (Å²) in [5.41, 5.74) is 0. The Labute approximate surface area is 81.1 Å². The number of aliphatic hydroxyl groups excluding tert-OH is 1. The van der Waals surface area contributed by atoms with Crippen molar-refractivity contribution in [3.63, 3.8) is 0 Å². The van der Waals surface area contributed by atoms with Crippen LogP contribution in [-0.2, 0) is 9.59 Å². The number of hydrogen-bond donors (Lipinski definition) is 3. The lowest BCUT2D eigenvalue weighted by atomic mass is 9.82. The molecule has 1 aliphatic carbocycles. The Balaban J connectivity index is 2.10. The maximum Gasteiger partial charge on any atom is 0.320 e. The van der Waals surface area contributed by atoms with E-state index in [-0.39, 0.29) is 17.7 Å². The van der Waals surface area contributed by atoms with Crippen LogP contribution in [0.25, 0.3) is 0 Å². The van der Waals surface area contributed by atoms with Gasteiger partial charge in [-0.15, -0.1) is 0 Å². The molecule has 1 aliphatic heterocycles. The van der Waals surface area contributed by atoms with E-state index in [1.165, 1.54) is 0 Å². The van der Waals surface area contributed by atoms with Gasteiger partial charge in [-0.2, -0.15) is 0 Å². The third-order valence-corrected chi connectivity index (χ3v) is 3.17. The molecular formula is C9H13NO4. The Morgan fingerprint density at radius 2 is 2.21 bits per heavy atom. The van der Waals surface area contributed by atoms with E-state index in [4.69, 9.17) is 5.11 Å². The lowest BCUT2D eigenvalue weighted by Crippen LogP contribution is -2.49. The third kappa shape index (κ3) is 1.42. The minimum absolute atomic E-state index is 0.129. The van der Waals surface area contributed by atoms with Gasteiger partial charge in [0.25, 0.3) is 0 Å². The summed E-state index contributed by atoms with van der Waals surface area (Å²) >= 11 is 0. The molecule has 2 aliphatic rings. The lowest BCUT2D eigenvalue weighted by molar-refractivity contribution is -0.139. The fourth-order valence-corrected chi connectivity index (χ4v) is 2.38. The summed E-state index contributed by atoms with van der Waals surface area (Å²) in [6, 6.07) is -0.956. The van der Waals surface area contributed by atoms with Crippen LogP contribution in [0.1, 0.15) is 19.3 Å². The van der Waals surface area contributed by atoms with Gasteiger partial charge in [-0.3, -0.25) is 14.9 Å². The highest BCUT2D eigenvalue weighted by Gasteiger charge is 2.45. The van der Waals surface area contributed by atoms with Gasteiger partial charge in [0.2, 0.25) is 0 Å².